The zero-order valence-corrected chi connectivity index (χ0v) is 23.3. The van der Waals surface area contributed by atoms with Gasteiger partial charge in [0.15, 0.2) is 10.8 Å². The number of hydrogen-bond donors (Lipinski definition) is 1. The maximum absolute atomic E-state index is 13.2. The summed E-state index contributed by atoms with van der Waals surface area (Å²) in [6, 6.07) is 14.3. The average molecular weight is 554 g/mol. The molecule has 1 saturated heterocycles. The molecule has 1 fully saturated rings. The molecule has 1 N–H and O–H groups in total. The van der Waals surface area contributed by atoms with Crippen molar-refractivity contribution in [2.75, 3.05) is 24.7 Å². The van der Waals surface area contributed by atoms with Crippen molar-refractivity contribution in [2.24, 2.45) is 0 Å². The minimum atomic E-state index is -3.56. The number of benzene rings is 2. The van der Waals surface area contributed by atoms with Gasteiger partial charge in [0, 0.05) is 23.7 Å². The molecule has 2 aromatic heterocycles. The molecule has 5 rings (SSSR count). The van der Waals surface area contributed by atoms with Gasteiger partial charge in [0.25, 0.3) is 0 Å². The molecule has 3 heterocycles. The summed E-state index contributed by atoms with van der Waals surface area (Å²) in [5.74, 6) is 0.666. The topological polar surface area (TPSA) is 106 Å². The first-order chi connectivity index (χ1) is 18.3. The minimum absolute atomic E-state index is 0.0429. The van der Waals surface area contributed by atoms with Gasteiger partial charge in [-0.15, -0.1) is 10.2 Å². The molecule has 0 radical (unpaired) electrons. The molecule has 1 atom stereocenters. The predicted octanol–water partition coefficient (Wildman–Crippen LogP) is 4.88. The third-order valence-corrected chi connectivity index (χ3v) is 9.85. The third-order valence-electron chi connectivity index (χ3n) is 6.96. The van der Waals surface area contributed by atoms with E-state index in [0.717, 1.165) is 53.5 Å². The van der Waals surface area contributed by atoms with Gasteiger partial charge in [0.1, 0.15) is 5.75 Å². The Balaban J connectivity index is 1.28. The highest BCUT2D eigenvalue weighted by atomic mass is 32.2. The highest BCUT2D eigenvalue weighted by molar-refractivity contribution is 7.99. The Kier molecular flexibility index (Phi) is 7.60. The van der Waals surface area contributed by atoms with Crippen molar-refractivity contribution < 1.29 is 17.9 Å². The van der Waals surface area contributed by atoms with Gasteiger partial charge in [-0.3, -0.25) is 9.20 Å². The number of fused-ring (bicyclic) bond motifs is 3. The number of ether oxygens (including phenoxy) is 1. The molecule has 1 unspecified atom stereocenters. The lowest BCUT2D eigenvalue weighted by atomic mass is 10.0. The number of rotatable bonds is 8. The number of hydrogen-bond acceptors (Lipinski definition) is 7. The molecule has 1 amide bonds. The number of anilines is 1. The number of methoxy groups -OCH3 is 1. The van der Waals surface area contributed by atoms with Crippen LogP contribution in [0.25, 0.3) is 16.6 Å². The van der Waals surface area contributed by atoms with Crippen molar-refractivity contribution in [3.8, 4) is 5.75 Å². The molecule has 2 aromatic carbocycles. The van der Waals surface area contributed by atoms with Crippen LogP contribution in [0.4, 0.5) is 5.69 Å². The van der Waals surface area contributed by atoms with Crippen LogP contribution in [-0.4, -0.2) is 58.7 Å². The summed E-state index contributed by atoms with van der Waals surface area (Å²) in [6.07, 6.45) is 3.64. The minimum Gasteiger partial charge on any atom is -0.497 e. The molecule has 11 heteroatoms. The second-order valence-corrected chi connectivity index (χ2v) is 12.3. The standard InChI is InChI=1S/C27H31N5O4S2/c1-4-21-7-5-6-14-31(21)38(34,35)23-11-8-20(9-12-23)28-25(33)17-37-27-30-29-26-18(2)15-19-16-22(36-3)10-13-24(19)32(26)27/h8-13,15-16,21H,4-7,14,17H2,1-3H3,(H,28,33). The number of aromatic nitrogens is 3. The number of carbonyl (C=O) groups is 1. The van der Waals surface area contributed by atoms with Gasteiger partial charge in [-0.2, -0.15) is 4.31 Å². The van der Waals surface area contributed by atoms with Gasteiger partial charge < -0.3 is 10.1 Å². The van der Waals surface area contributed by atoms with Crippen molar-refractivity contribution in [3.05, 3.63) is 54.1 Å². The molecule has 9 nitrogen and oxygen atoms in total. The summed E-state index contributed by atoms with van der Waals surface area (Å²) in [5, 5.41) is 13.1. The average Bonchev–Trinajstić information content (AvgIpc) is 3.37. The Bertz CT molecular complexity index is 1580. The summed E-state index contributed by atoms with van der Waals surface area (Å²) in [6.45, 7) is 4.55. The van der Waals surface area contributed by atoms with Crippen molar-refractivity contribution in [1.82, 2.24) is 18.9 Å². The summed E-state index contributed by atoms with van der Waals surface area (Å²) in [4.78, 5) is 13.0. The van der Waals surface area contributed by atoms with Crippen molar-refractivity contribution in [2.45, 2.75) is 55.6 Å². The van der Waals surface area contributed by atoms with Crippen LogP contribution in [0.3, 0.4) is 0 Å². The lowest BCUT2D eigenvalue weighted by Gasteiger charge is -2.34. The number of aryl methyl sites for hydroxylation is 1. The smallest absolute Gasteiger partial charge is 0.243 e. The number of carbonyl (C=O) groups excluding carboxylic acids is 1. The molecular formula is C27H31N5O4S2. The van der Waals surface area contributed by atoms with Gasteiger partial charge in [-0.1, -0.05) is 25.1 Å². The molecule has 0 aliphatic carbocycles. The van der Waals surface area contributed by atoms with Crippen LogP contribution in [0.5, 0.6) is 5.75 Å². The zero-order valence-electron chi connectivity index (χ0n) is 21.7. The fourth-order valence-corrected chi connectivity index (χ4v) is 7.50. The van der Waals surface area contributed by atoms with E-state index < -0.39 is 10.0 Å². The van der Waals surface area contributed by atoms with E-state index >= 15 is 0 Å². The van der Waals surface area contributed by atoms with E-state index in [9.17, 15) is 13.2 Å². The monoisotopic (exact) mass is 553 g/mol. The van der Waals surface area contributed by atoms with Gasteiger partial charge in [-0.25, -0.2) is 8.42 Å². The Morgan fingerprint density at radius 1 is 1.13 bits per heavy atom. The first-order valence-corrected chi connectivity index (χ1v) is 15.1. The SMILES string of the molecule is CCC1CCCCN1S(=O)(=O)c1ccc(NC(=O)CSc2nnc3c(C)cc4cc(OC)ccc4n23)cc1. The number of piperidine rings is 1. The Morgan fingerprint density at radius 3 is 2.66 bits per heavy atom. The largest absolute Gasteiger partial charge is 0.497 e. The second kappa shape index (κ2) is 10.9. The van der Waals surface area contributed by atoms with Crippen LogP contribution in [0.2, 0.25) is 0 Å². The fourth-order valence-electron chi connectivity index (χ4n) is 4.98. The lowest BCUT2D eigenvalue weighted by Crippen LogP contribution is -2.43. The summed E-state index contributed by atoms with van der Waals surface area (Å²) >= 11 is 1.29. The van der Waals surface area contributed by atoms with Gasteiger partial charge in [-0.05, 0) is 80.3 Å². The maximum atomic E-state index is 13.2. The summed E-state index contributed by atoms with van der Waals surface area (Å²) in [7, 11) is -1.93. The number of nitrogens with zero attached hydrogens (tertiary/aromatic N) is 4. The number of amides is 1. The Hall–Kier alpha value is -3.15. The van der Waals surface area contributed by atoms with Crippen molar-refractivity contribution >= 4 is 49.9 Å². The van der Waals surface area contributed by atoms with E-state index in [0.29, 0.717) is 17.4 Å². The number of pyridine rings is 1. The Labute approximate surface area is 226 Å². The fraction of sp³-hybridized carbons (Fsp3) is 0.370. The van der Waals surface area contributed by atoms with Crippen LogP contribution in [0.15, 0.2) is 58.6 Å². The van der Waals surface area contributed by atoms with Crippen molar-refractivity contribution in [1.29, 1.82) is 0 Å². The van der Waals surface area contributed by atoms with Gasteiger partial charge in [0.05, 0.1) is 23.3 Å². The second-order valence-electron chi connectivity index (χ2n) is 9.43. The van der Waals surface area contributed by atoms with E-state index in [1.54, 1.807) is 35.7 Å². The molecular weight excluding hydrogens is 522 g/mol. The van der Waals surface area contributed by atoms with Crippen LogP contribution in [0.1, 0.15) is 38.2 Å². The molecule has 0 spiro atoms. The predicted molar refractivity (Wildman–Crippen MR) is 149 cm³/mol. The summed E-state index contributed by atoms with van der Waals surface area (Å²) in [5.41, 5.74) is 3.18. The Morgan fingerprint density at radius 2 is 1.92 bits per heavy atom. The van der Waals surface area contributed by atoms with Crippen LogP contribution in [0, 0.1) is 6.92 Å². The van der Waals surface area contributed by atoms with Gasteiger partial charge in [0.2, 0.25) is 15.9 Å². The molecule has 1 aliphatic rings. The van der Waals surface area contributed by atoms with E-state index in [-0.39, 0.29) is 22.6 Å². The summed E-state index contributed by atoms with van der Waals surface area (Å²) < 4.78 is 35.3. The van der Waals surface area contributed by atoms with E-state index in [2.05, 4.69) is 15.5 Å². The number of nitrogens with one attached hydrogen (secondary N) is 1. The molecule has 0 saturated carbocycles. The molecule has 38 heavy (non-hydrogen) atoms. The lowest BCUT2D eigenvalue weighted by molar-refractivity contribution is -0.113. The van der Waals surface area contributed by atoms with Crippen LogP contribution in [-0.2, 0) is 14.8 Å². The number of sulfonamides is 1. The molecule has 1 aliphatic heterocycles. The first kappa shape index (κ1) is 26.5. The normalized spacial score (nSPS) is 16.7. The maximum Gasteiger partial charge on any atom is 0.243 e. The van der Waals surface area contributed by atoms with Crippen LogP contribution >= 0.6 is 11.8 Å². The van der Waals surface area contributed by atoms with E-state index in [1.165, 1.54) is 11.8 Å². The highest BCUT2D eigenvalue weighted by Crippen LogP contribution is 2.29. The van der Waals surface area contributed by atoms with Crippen molar-refractivity contribution in [3.63, 3.8) is 0 Å². The third kappa shape index (κ3) is 5.10. The molecule has 200 valence electrons. The quantitative estimate of drug-likeness (QED) is 0.310. The number of thioether (sulfide) groups is 1. The van der Waals surface area contributed by atoms with E-state index in [4.69, 9.17) is 4.74 Å². The highest BCUT2D eigenvalue weighted by Gasteiger charge is 2.32. The molecule has 4 aromatic rings. The first-order valence-electron chi connectivity index (χ1n) is 12.7. The molecule has 0 bridgehead atoms. The zero-order chi connectivity index (χ0) is 26.9. The van der Waals surface area contributed by atoms with E-state index in [1.807, 2.05) is 42.5 Å². The van der Waals surface area contributed by atoms with Gasteiger partial charge >= 0.3 is 0 Å². The van der Waals surface area contributed by atoms with Crippen LogP contribution < -0.4 is 10.1 Å².